The van der Waals surface area contributed by atoms with E-state index in [9.17, 15) is 0 Å². The Morgan fingerprint density at radius 3 is 2.19 bits per heavy atom. The first-order valence-electron chi connectivity index (χ1n) is 10.9. The van der Waals surface area contributed by atoms with Crippen LogP contribution in [0, 0.1) is 0 Å². The van der Waals surface area contributed by atoms with Crippen molar-refractivity contribution in [2.24, 2.45) is 0 Å². The largest absolute Gasteiger partial charge is 0.354 e. The van der Waals surface area contributed by atoms with Gasteiger partial charge in [-0.05, 0) is 45.5 Å². The molecule has 1 nitrogen and oxygen atoms in total. The maximum absolute atomic E-state index is 3.75. The summed E-state index contributed by atoms with van der Waals surface area (Å²) in [7, 11) is 0. The third-order valence-corrected chi connectivity index (χ3v) is 7.57. The Bertz CT molecular complexity index is 1750. The van der Waals surface area contributed by atoms with Crippen LogP contribution in [0.25, 0.3) is 64.2 Å². The first-order chi connectivity index (χ1) is 15.9. The zero-order chi connectivity index (χ0) is 21.1. The second-order valence-electron chi connectivity index (χ2n) is 8.26. The third kappa shape index (κ3) is 2.57. The van der Waals surface area contributed by atoms with Crippen molar-refractivity contribution in [3.8, 4) is 21.6 Å². The van der Waals surface area contributed by atoms with E-state index >= 15 is 0 Å². The normalized spacial score (nSPS) is 11.8. The molecule has 1 N–H and O–H groups in total. The number of hydrogen-bond donors (Lipinski definition) is 1. The summed E-state index contributed by atoms with van der Waals surface area (Å²) < 4.78 is 1.32. The van der Waals surface area contributed by atoms with Gasteiger partial charge >= 0.3 is 0 Å². The number of aromatic nitrogens is 1. The molecule has 0 spiro atoms. The SMILES string of the molecule is c1ccc2sc(-c3c(-c4cccc5ccccc45)ccc4c3[nH]c3ccccc34)cc2c1. The van der Waals surface area contributed by atoms with Crippen molar-refractivity contribution >= 4 is 54.0 Å². The Labute approximate surface area is 189 Å². The number of aromatic amines is 1. The van der Waals surface area contributed by atoms with E-state index in [1.165, 1.54) is 64.2 Å². The van der Waals surface area contributed by atoms with Crippen molar-refractivity contribution < 1.29 is 0 Å². The van der Waals surface area contributed by atoms with Crippen LogP contribution in [0.3, 0.4) is 0 Å². The van der Waals surface area contributed by atoms with Crippen LogP contribution in [0.2, 0.25) is 0 Å². The first kappa shape index (κ1) is 17.8. The number of nitrogens with one attached hydrogen (secondary N) is 1. The quantitative estimate of drug-likeness (QED) is 0.284. The summed E-state index contributed by atoms with van der Waals surface area (Å²) in [5.74, 6) is 0. The van der Waals surface area contributed by atoms with Crippen LogP contribution in [0.15, 0.2) is 109 Å². The molecule has 2 heterocycles. The second kappa shape index (κ2) is 6.81. The summed E-state index contributed by atoms with van der Waals surface area (Å²) in [6.07, 6.45) is 0. The summed E-state index contributed by atoms with van der Waals surface area (Å²) >= 11 is 1.87. The Kier molecular flexibility index (Phi) is 3.78. The van der Waals surface area contributed by atoms with Gasteiger partial charge in [0.05, 0.1) is 5.52 Å². The Morgan fingerprint density at radius 1 is 0.531 bits per heavy atom. The van der Waals surface area contributed by atoms with Crippen LogP contribution in [0.5, 0.6) is 0 Å². The minimum Gasteiger partial charge on any atom is -0.354 e. The lowest BCUT2D eigenvalue weighted by Crippen LogP contribution is -1.87. The molecule has 0 saturated heterocycles. The molecule has 0 aliphatic rings. The second-order valence-corrected chi connectivity index (χ2v) is 9.34. The van der Waals surface area contributed by atoms with Crippen molar-refractivity contribution in [3.05, 3.63) is 109 Å². The third-order valence-electron chi connectivity index (χ3n) is 6.43. The van der Waals surface area contributed by atoms with E-state index in [4.69, 9.17) is 0 Å². The predicted molar refractivity (Wildman–Crippen MR) is 140 cm³/mol. The molecule has 0 saturated carbocycles. The van der Waals surface area contributed by atoms with Crippen LogP contribution in [0.4, 0.5) is 0 Å². The highest BCUT2D eigenvalue weighted by molar-refractivity contribution is 7.22. The van der Waals surface area contributed by atoms with E-state index in [2.05, 4.69) is 114 Å². The average Bonchev–Trinajstić information content (AvgIpc) is 3.44. The van der Waals surface area contributed by atoms with E-state index in [1.807, 2.05) is 11.3 Å². The van der Waals surface area contributed by atoms with Gasteiger partial charge in [-0.2, -0.15) is 0 Å². The number of rotatable bonds is 2. The van der Waals surface area contributed by atoms with Crippen LogP contribution in [-0.4, -0.2) is 4.98 Å². The van der Waals surface area contributed by atoms with Crippen molar-refractivity contribution in [1.29, 1.82) is 0 Å². The number of fused-ring (bicyclic) bond motifs is 5. The van der Waals surface area contributed by atoms with Crippen LogP contribution < -0.4 is 0 Å². The highest BCUT2D eigenvalue weighted by Gasteiger charge is 2.18. The number of H-pyrrole nitrogens is 1. The average molecular weight is 426 g/mol. The van der Waals surface area contributed by atoms with Gasteiger partial charge in [-0.1, -0.05) is 91.0 Å². The zero-order valence-electron chi connectivity index (χ0n) is 17.3. The topological polar surface area (TPSA) is 15.8 Å². The molecule has 2 aromatic heterocycles. The molecule has 0 fully saturated rings. The fourth-order valence-electron chi connectivity index (χ4n) is 4.96. The number of hydrogen-bond acceptors (Lipinski definition) is 1. The van der Waals surface area contributed by atoms with Crippen LogP contribution in [-0.2, 0) is 0 Å². The fourth-order valence-corrected chi connectivity index (χ4v) is 6.09. The monoisotopic (exact) mass is 425 g/mol. The molecule has 0 amide bonds. The molecular formula is C30H19NS. The van der Waals surface area contributed by atoms with Crippen molar-refractivity contribution in [3.63, 3.8) is 0 Å². The minimum atomic E-state index is 1.18. The molecule has 0 radical (unpaired) electrons. The van der Waals surface area contributed by atoms with Gasteiger partial charge < -0.3 is 4.98 Å². The van der Waals surface area contributed by atoms with E-state index in [0.29, 0.717) is 0 Å². The van der Waals surface area contributed by atoms with Crippen molar-refractivity contribution in [2.45, 2.75) is 0 Å². The van der Waals surface area contributed by atoms with Gasteiger partial charge in [0.25, 0.3) is 0 Å². The molecule has 150 valence electrons. The molecule has 32 heavy (non-hydrogen) atoms. The van der Waals surface area contributed by atoms with Gasteiger partial charge in [-0.3, -0.25) is 0 Å². The van der Waals surface area contributed by atoms with Crippen molar-refractivity contribution in [1.82, 2.24) is 4.98 Å². The lowest BCUT2D eigenvalue weighted by atomic mass is 9.92. The van der Waals surface area contributed by atoms with Crippen molar-refractivity contribution in [2.75, 3.05) is 0 Å². The number of benzene rings is 5. The van der Waals surface area contributed by atoms with E-state index in [0.717, 1.165) is 0 Å². The lowest BCUT2D eigenvalue weighted by molar-refractivity contribution is 1.54. The smallest absolute Gasteiger partial charge is 0.0559 e. The molecule has 7 rings (SSSR count). The van der Waals surface area contributed by atoms with Gasteiger partial charge in [-0.15, -0.1) is 11.3 Å². The van der Waals surface area contributed by atoms with Crippen LogP contribution in [0.1, 0.15) is 0 Å². The van der Waals surface area contributed by atoms with E-state index < -0.39 is 0 Å². The van der Waals surface area contributed by atoms with Gasteiger partial charge in [0.15, 0.2) is 0 Å². The Hall–Kier alpha value is -3.88. The predicted octanol–water partition coefficient (Wildman–Crippen LogP) is 9.02. The molecular weight excluding hydrogens is 406 g/mol. The molecule has 2 heteroatoms. The van der Waals surface area contributed by atoms with Gasteiger partial charge in [-0.25, -0.2) is 0 Å². The maximum atomic E-state index is 3.75. The summed E-state index contributed by atoms with van der Waals surface area (Å²) in [6.45, 7) is 0. The number of para-hydroxylation sites is 1. The van der Waals surface area contributed by atoms with E-state index in [-0.39, 0.29) is 0 Å². The molecule has 0 aliphatic carbocycles. The summed E-state index contributed by atoms with van der Waals surface area (Å²) in [5.41, 5.74) is 6.22. The van der Waals surface area contributed by atoms with Gasteiger partial charge in [0.1, 0.15) is 0 Å². The standard InChI is InChI=1S/C30H19NS/c1-3-11-21-19(8-1)10-7-13-22(21)24-16-17-25-23-12-4-5-14-26(23)31-30(25)29(24)28-18-20-9-2-6-15-27(20)32-28/h1-18,31H. The molecule has 0 bridgehead atoms. The highest BCUT2D eigenvalue weighted by atomic mass is 32.1. The summed E-state index contributed by atoms with van der Waals surface area (Å²) in [6, 6.07) is 39.5. The van der Waals surface area contributed by atoms with Gasteiger partial charge in [0.2, 0.25) is 0 Å². The summed E-state index contributed by atoms with van der Waals surface area (Å²) in [5, 5.41) is 6.40. The zero-order valence-corrected chi connectivity index (χ0v) is 18.1. The molecule has 7 aromatic rings. The Morgan fingerprint density at radius 2 is 1.28 bits per heavy atom. The first-order valence-corrected chi connectivity index (χ1v) is 11.7. The van der Waals surface area contributed by atoms with E-state index in [1.54, 1.807) is 0 Å². The maximum Gasteiger partial charge on any atom is 0.0559 e. The molecule has 0 atom stereocenters. The fraction of sp³-hybridized carbons (Fsp3) is 0. The highest BCUT2D eigenvalue weighted by Crippen LogP contribution is 2.45. The Balaban J connectivity index is 1.64. The molecule has 5 aromatic carbocycles. The summed E-state index contributed by atoms with van der Waals surface area (Å²) in [4.78, 5) is 5.05. The molecule has 0 aliphatic heterocycles. The minimum absolute atomic E-state index is 1.18. The van der Waals surface area contributed by atoms with Gasteiger partial charge in [0, 0.05) is 31.4 Å². The number of thiophene rings is 1. The molecule has 0 unspecified atom stereocenters. The van der Waals surface area contributed by atoms with Crippen LogP contribution >= 0.6 is 11.3 Å². The lowest BCUT2D eigenvalue weighted by Gasteiger charge is -2.13.